The van der Waals surface area contributed by atoms with Gasteiger partial charge in [-0.3, -0.25) is 9.89 Å². The number of thiazole rings is 1. The maximum Gasteiger partial charge on any atom is 0.191 e. The number of aromatic nitrogens is 1. The van der Waals surface area contributed by atoms with Crippen LogP contribution in [0.25, 0.3) is 0 Å². The second kappa shape index (κ2) is 13.5. The van der Waals surface area contributed by atoms with E-state index in [-0.39, 0.29) is 30.0 Å². The van der Waals surface area contributed by atoms with E-state index in [9.17, 15) is 0 Å². The van der Waals surface area contributed by atoms with Crippen molar-refractivity contribution in [2.45, 2.75) is 26.3 Å². The molecule has 6 nitrogen and oxygen atoms in total. The Hall–Kier alpha value is -0.940. The lowest BCUT2D eigenvalue weighted by Gasteiger charge is -2.34. The smallest absolute Gasteiger partial charge is 0.191 e. The summed E-state index contributed by atoms with van der Waals surface area (Å²) >= 11 is 8.01. The van der Waals surface area contributed by atoms with Crippen LogP contribution in [0.3, 0.4) is 0 Å². The second-order valence-corrected chi connectivity index (χ2v) is 8.74. The maximum atomic E-state index is 6.26. The van der Waals surface area contributed by atoms with E-state index in [1.54, 1.807) is 11.3 Å². The summed E-state index contributed by atoms with van der Waals surface area (Å²) < 4.78 is 5.54. The van der Waals surface area contributed by atoms with Crippen molar-refractivity contribution in [1.29, 1.82) is 0 Å². The van der Waals surface area contributed by atoms with Crippen molar-refractivity contribution in [3.8, 4) is 0 Å². The minimum absolute atomic E-state index is 0. The number of aliphatic imine (C=N–C) groups is 1. The number of morpholine rings is 1. The van der Waals surface area contributed by atoms with Gasteiger partial charge in [0.1, 0.15) is 0 Å². The third kappa shape index (κ3) is 7.96. The first-order valence-electron chi connectivity index (χ1n) is 10.2. The first-order chi connectivity index (χ1) is 14.2. The van der Waals surface area contributed by atoms with Gasteiger partial charge in [-0.05, 0) is 31.5 Å². The second-order valence-electron chi connectivity index (χ2n) is 6.98. The van der Waals surface area contributed by atoms with Gasteiger partial charge in [-0.2, -0.15) is 0 Å². The van der Waals surface area contributed by atoms with E-state index in [4.69, 9.17) is 21.3 Å². The standard InChI is InChI=1S/C21H30ClN5OS.HI/c1-3-23-21(24-8-7-20-25-14-16(2)29-20)26-15-19(27-9-11-28-12-10-27)17-5-4-6-18(22)13-17;/h4-6,13-14,19H,3,7-12,15H2,1-2H3,(H2,23,24,26);1H. The number of rotatable bonds is 8. The molecule has 1 atom stereocenters. The van der Waals surface area contributed by atoms with Crippen LogP contribution < -0.4 is 10.6 Å². The van der Waals surface area contributed by atoms with Crippen LogP contribution in [0.2, 0.25) is 5.02 Å². The summed E-state index contributed by atoms with van der Waals surface area (Å²) in [6, 6.07) is 8.27. The molecular weight excluding hydrogens is 533 g/mol. The molecule has 2 aromatic rings. The number of ether oxygens (including phenoxy) is 1. The van der Waals surface area contributed by atoms with E-state index >= 15 is 0 Å². The molecule has 3 rings (SSSR count). The summed E-state index contributed by atoms with van der Waals surface area (Å²) in [4.78, 5) is 13.0. The van der Waals surface area contributed by atoms with Crippen molar-refractivity contribution in [3.05, 3.63) is 50.9 Å². The molecule has 1 saturated heterocycles. The van der Waals surface area contributed by atoms with Crippen molar-refractivity contribution in [2.24, 2.45) is 4.99 Å². The van der Waals surface area contributed by atoms with E-state index < -0.39 is 0 Å². The van der Waals surface area contributed by atoms with Crippen LogP contribution in [0.4, 0.5) is 0 Å². The first kappa shape index (κ1) is 25.3. The molecule has 9 heteroatoms. The molecular formula is C21H31ClIN5OS. The molecule has 0 saturated carbocycles. The van der Waals surface area contributed by atoms with E-state index in [2.05, 4.69) is 40.4 Å². The van der Waals surface area contributed by atoms with Gasteiger partial charge in [0.25, 0.3) is 0 Å². The highest BCUT2D eigenvalue weighted by Gasteiger charge is 2.22. The van der Waals surface area contributed by atoms with E-state index in [1.807, 2.05) is 24.4 Å². The van der Waals surface area contributed by atoms with Gasteiger partial charge in [0.2, 0.25) is 0 Å². The molecule has 166 valence electrons. The van der Waals surface area contributed by atoms with Gasteiger partial charge in [-0.15, -0.1) is 35.3 Å². The lowest BCUT2D eigenvalue weighted by atomic mass is 10.0. The first-order valence-corrected chi connectivity index (χ1v) is 11.4. The topological polar surface area (TPSA) is 61.8 Å². The SMILES string of the molecule is CCNC(=NCC(c1cccc(Cl)c1)N1CCOCC1)NCCc1ncc(C)s1.I. The molecule has 30 heavy (non-hydrogen) atoms. The summed E-state index contributed by atoms with van der Waals surface area (Å²) in [7, 11) is 0. The zero-order valence-electron chi connectivity index (χ0n) is 17.6. The normalized spacial score (nSPS) is 16.0. The molecule has 0 amide bonds. The minimum Gasteiger partial charge on any atom is -0.379 e. The number of benzene rings is 1. The van der Waals surface area contributed by atoms with Gasteiger partial charge in [0, 0.05) is 48.7 Å². The predicted molar refractivity (Wildman–Crippen MR) is 137 cm³/mol. The lowest BCUT2D eigenvalue weighted by Crippen LogP contribution is -2.42. The van der Waals surface area contributed by atoms with Gasteiger partial charge in [-0.1, -0.05) is 23.7 Å². The third-order valence-electron chi connectivity index (χ3n) is 4.79. The highest BCUT2D eigenvalue weighted by Crippen LogP contribution is 2.24. The van der Waals surface area contributed by atoms with Crippen LogP contribution in [0.5, 0.6) is 0 Å². The molecule has 1 aromatic carbocycles. The molecule has 0 radical (unpaired) electrons. The van der Waals surface area contributed by atoms with Crippen molar-refractivity contribution < 1.29 is 4.74 Å². The van der Waals surface area contributed by atoms with E-state index in [0.29, 0.717) is 6.54 Å². The van der Waals surface area contributed by atoms with Crippen molar-refractivity contribution in [2.75, 3.05) is 45.9 Å². The quantitative estimate of drug-likeness (QED) is 0.290. The average molecular weight is 564 g/mol. The predicted octanol–water partition coefficient (Wildman–Crippen LogP) is 3.89. The molecule has 1 aliphatic heterocycles. The molecule has 1 aliphatic rings. The molecule has 1 aromatic heterocycles. The number of guanidine groups is 1. The Labute approximate surface area is 205 Å². The summed E-state index contributed by atoms with van der Waals surface area (Å²) in [6.07, 6.45) is 2.82. The third-order valence-corrected chi connectivity index (χ3v) is 5.99. The Morgan fingerprint density at radius 2 is 2.13 bits per heavy atom. The largest absolute Gasteiger partial charge is 0.379 e. The van der Waals surface area contributed by atoms with Crippen LogP contribution >= 0.6 is 46.9 Å². The number of hydrogen-bond donors (Lipinski definition) is 2. The molecule has 1 unspecified atom stereocenters. The Morgan fingerprint density at radius 3 is 2.80 bits per heavy atom. The zero-order valence-corrected chi connectivity index (χ0v) is 21.5. The monoisotopic (exact) mass is 563 g/mol. The van der Waals surface area contributed by atoms with Gasteiger partial charge in [0.15, 0.2) is 5.96 Å². The van der Waals surface area contributed by atoms with Gasteiger partial charge >= 0.3 is 0 Å². The Bertz CT molecular complexity index is 797. The van der Waals surface area contributed by atoms with Crippen LogP contribution in [0.1, 0.15) is 28.4 Å². The highest BCUT2D eigenvalue weighted by molar-refractivity contribution is 14.0. The number of aryl methyl sites for hydroxylation is 1. The average Bonchev–Trinajstić information content (AvgIpc) is 3.14. The molecule has 1 fully saturated rings. The van der Waals surface area contributed by atoms with Gasteiger partial charge in [-0.25, -0.2) is 4.98 Å². The maximum absolute atomic E-state index is 6.26. The van der Waals surface area contributed by atoms with Crippen LogP contribution in [-0.2, 0) is 11.2 Å². The summed E-state index contributed by atoms with van der Waals surface area (Å²) in [5.41, 5.74) is 1.19. The number of nitrogens with one attached hydrogen (secondary N) is 2. The Morgan fingerprint density at radius 1 is 1.33 bits per heavy atom. The summed E-state index contributed by atoms with van der Waals surface area (Å²) in [6.45, 7) is 9.77. The summed E-state index contributed by atoms with van der Waals surface area (Å²) in [5, 5.41) is 8.69. The number of hydrogen-bond acceptors (Lipinski definition) is 5. The number of halogens is 2. The van der Waals surface area contributed by atoms with Crippen molar-refractivity contribution in [1.82, 2.24) is 20.5 Å². The van der Waals surface area contributed by atoms with Crippen LogP contribution in [0, 0.1) is 6.92 Å². The van der Waals surface area contributed by atoms with E-state index in [0.717, 1.165) is 61.8 Å². The Balaban J connectivity index is 0.00000320. The Kier molecular flexibility index (Phi) is 11.4. The number of nitrogens with zero attached hydrogens (tertiary/aromatic N) is 3. The fourth-order valence-electron chi connectivity index (χ4n) is 3.36. The molecule has 2 heterocycles. The molecule has 0 spiro atoms. The lowest BCUT2D eigenvalue weighted by molar-refractivity contribution is 0.0180. The minimum atomic E-state index is 0. The van der Waals surface area contributed by atoms with Gasteiger partial charge in [0.05, 0.1) is 30.8 Å². The van der Waals surface area contributed by atoms with Crippen LogP contribution in [-0.4, -0.2) is 61.8 Å². The van der Waals surface area contributed by atoms with Gasteiger partial charge < -0.3 is 15.4 Å². The molecule has 0 aliphatic carbocycles. The van der Waals surface area contributed by atoms with E-state index in [1.165, 1.54) is 10.4 Å². The van der Waals surface area contributed by atoms with Crippen LogP contribution in [0.15, 0.2) is 35.5 Å². The summed E-state index contributed by atoms with van der Waals surface area (Å²) in [5.74, 6) is 0.834. The van der Waals surface area contributed by atoms with Crippen molar-refractivity contribution in [3.63, 3.8) is 0 Å². The molecule has 2 N–H and O–H groups in total. The highest BCUT2D eigenvalue weighted by atomic mass is 127. The van der Waals surface area contributed by atoms with Crippen molar-refractivity contribution >= 4 is 52.9 Å². The fourth-order valence-corrected chi connectivity index (χ4v) is 4.34. The fraction of sp³-hybridized carbons (Fsp3) is 0.524. The zero-order chi connectivity index (χ0) is 20.5. The molecule has 0 bridgehead atoms.